The molecule has 28 heavy (non-hydrogen) atoms. The number of ether oxygens (including phenoxy) is 2. The van der Waals surface area contributed by atoms with E-state index in [4.69, 9.17) is 9.84 Å². The van der Waals surface area contributed by atoms with Crippen molar-refractivity contribution in [2.45, 2.75) is 25.6 Å². The molecular weight excluding hydrogens is 377 g/mol. The number of aromatic amines is 1. The van der Waals surface area contributed by atoms with Gasteiger partial charge in [0.05, 0.1) is 18.1 Å². The Morgan fingerprint density at radius 1 is 1.21 bits per heavy atom. The Hall–Kier alpha value is -3.23. The first-order valence-corrected chi connectivity index (χ1v) is 8.35. The summed E-state index contributed by atoms with van der Waals surface area (Å²) in [4.78, 5) is 18.4. The molecule has 0 aliphatic rings. The van der Waals surface area contributed by atoms with E-state index in [1.54, 1.807) is 12.1 Å². The monoisotopic (exact) mass is 394 g/mol. The summed E-state index contributed by atoms with van der Waals surface area (Å²) in [5.41, 5.74) is 2.89. The molecular formula is C19H17F3N2O4. The van der Waals surface area contributed by atoms with Gasteiger partial charge < -0.3 is 19.6 Å². The molecule has 0 radical (unpaired) electrons. The van der Waals surface area contributed by atoms with Crippen LogP contribution in [-0.4, -0.2) is 34.5 Å². The molecule has 0 amide bonds. The van der Waals surface area contributed by atoms with Crippen LogP contribution >= 0.6 is 0 Å². The number of aliphatic carboxylic acids is 1. The third-order valence-electron chi connectivity index (χ3n) is 4.07. The van der Waals surface area contributed by atoms with Gasteiger partial charge in [0.25, 0.3) is 0 Å². The molecule has 1 aromatic heterocycles. The summed E-state index contributed by atoms with van der Waals surface area (Å²) in [7, 11) is 1.50. The van der Waals surface area contributed by atoms with Gasteiger partial charge in [0.1, 0.15) is 17.3 Å². The van der Waals surface area contributed by atoms with E-state index in [-0.39, 0.29) is 12.2 Å². The lowest BCUT2D eigenvalue weighted by Crippen LogP contribution is -2.17. The number of hydrogen-bond acceptors (Lipinski definition) is 4. The molecule has 0 atom stereocenters. The van der Waals surface area contributed by atoms with Crippen molar-refractivity contribution in [1.82, 2.24) is 9.97 Å². The van der Waals surface area contributed by atoms with Crippen LogP contribution in [0.1, 0.15) is 23.4 Å². The number of aromatic nitrogens is 2. The molecule has 3 rings (SSSR count). The van der Waals surface area contributed by atoms with Crippen molar-refractivity contribution in [1.29, 1.82) is 0 Å². The molecule has 0 aliphatic heterocycles. The minimum atomic E-state index is -4.72. The normalized spacial score (nSPS) is 11.6. The number of aryl methyl sites for hydroxylation is 1. The van der Waals surface area contributed by atoms with Crippen molar-refractivity contribution in [3.8, 4) is 11.5 Å². The molecule has 0 bridgehead atoms. The molecule has 0 saturated carbocycles. The first-order chi connectivity index (χ1) is 13.2. The Labute approximate surface area is 157 Å². The van der Waals surface area contributed by atoms with Crippen LogP contribution in [0, 0.1) is 0 Å². The van der Waals surface area contributed by atoms with E-state index >= 15 is 0 Å². The fraction of sp³-hybridized carbons (Fsp3) is 0.263. The third kappa shape index (κ3) is 4.93. The summed E-state index contributed by atoms with van der Waals surface area (Å²) in [6.45, 7) is 0. The molecule has 0 saturated heterocycles. The number of fused-ring (bicyclic) bond motifs is 1. The molecule has 1 heterocycles. The van der Waals surface area contributed by atoms with Crippen molar-refractivity contribution in [3.05, 3.63) is 53.3 Å². The molecule has 9 heteroatoms. The van der Waals surface area contributed by atoms with Crippen LogP contribution in [0.2, 0.25) is 0 Å². The van der Waals surface area contributed by atoms with Gasteiger partial charge in [0.2, 0.25) is 0 Å². The summed E-state index contributed by atoms with van der Waals surface area (Å²) >= 11 is 0. The Bertz CT molecular complexity index is 981. The van der Waals surface area contributed by atoms with E-state index in [2.05, 4.69) is 14.7 Å². The zero-order valence-corrected chi connectivity index (χ0v) is 14.8. The minimum Gasteiger partial charge on any atom is -0.496 e. The second-order valence-corrected chi connectivity index (χ2v) is 6.13. The third-order valence-corrected chi connectivity index (χ3v) is 4.07. The highest BCUT2D eigenvalue weighted by atomic mass is 19.4. The molecule has 148 valence electrons. The van der Waals surface area contributed by atoms with Gasteiger partial charge in [-0.05, 0) is 35.7 Å². The van der Waals surface area contributed by atoms with Gasteiger partial charge in [-0.3, -0.25) is 4.79 Å². The summed E-state index contributed by atoms with van der Waals surface area (Å²) < 4.78 is 45.8. The van der Waals surface area contributed by atoms with Crippen molar-refractivity contribution in [2.75, 3.05) is 7.11 Å². The van der Waals surface area contributed by atoms with Crippen LogP contribution in [0.15, 0.2) is 36.4 Å². The highest BCUT2D eigenvalue weighted by Gasteiger charge is 2.30. The average Bonchev–Trinajstić information content (AvgIpc) is 3.00. The number of methoxy groups -OCH3 is 1. The highest BCUT2D eigenvalue weighted by molar-refractivity contribution is 5.79. The Morgan fingerprint density at radius 3 is 2.54 bits per heavy atom. The molecule has 3 aromatic rings. The molecule has 2 aromatic carbocycles. The van der Waals surface area contributed by atoms with Gasteiger partial charge in [-0.2, -0.15) is 0 Å². The topological polar surface area (TPSA) is 84.4 Å². The Balaban J connectivity index is 1.79. The summed E-state index contributed by atoms with van der Waals surface area (Å²) in [5.74, 6) is -0.00329. The van der Waals surface area contributed by atoms with Gasteiger partial charge in [-0.15, -0.1) is 13.2 Å². The summed E-state index contributed by atoms with van der Waals surface area (Å²) in [5, 5.41) is 8.87. The van der Waals surface area contributed by atoms with Crippen molar-refractivity contribution in [3.63, 3.8) is 0 Å². The number of rotatable bonds is 7. The predicted octanol–water partition coefficient (Wildman–Crippen LogP) is 4.08. The van der Waals surface area contributed by atoms with Gasteiger partial charge in [-0.25, -0.2) is 4.98 Å². The Morgan fingerprint density at radius 2 is 1.93 bits per heavy atom. The van der Waals surface area contributed by atoms with E-state index < -0.39 is 12.3 Å². The number of halogens is 3. The molecule has 6 nitrogen and oxygen atoms in total. The smallest absolute Gasteiger partial charge is 0.496 e. The number of carbonyl (C=O) groups is 1. The highest BCUT2D eigenvalue weighted by Crippen LogP contribution is 2.27. The molecule has 0 aliphatic carbocycles. The van der Waals surface area contributed by atoms with Crippen LogP contribution < -0.4 is 9.47 Å². The van der Waals surface area contributed by atoms with E-state index in [9.17, 15) is 18.0 Å². The number of benzene rings is 2. The average molecular weight is 394 g/mol. The zero-order chi connectivity index (χ0) is 20.3. The molecule has 0 spiro atoms. The maximum atomic E-state index is 12.2. The summed E-state index contributed by atoms with van der Waals surface area (Å²) in [6, 6.07) is 9.10. The SMILES string of the molecule is COc1cc2nc(Cc3ccc(OC(F)(F)F)cc3)[nH]c2cc1CCC(=O)O. The van der Waals surface area contributed by atoms with E-state index in [1.807, 2.05) is 0 Å². The van der Waals surface area contributed by atoms with Crippen molar-refractivity contribution < 1.29 is 32.5 Å². The number of imidazole rings is 1. The van der Waals surface area contributed by atoms with Crippen LogP contribution in [0.5, 0.6) is 11.5 Å². The zero-order valence-electron chi connectivity index (χ0n) is 14.8. The number of alkyl halides is 3. The van der Waals surface area contributed by atoms with Crippen LogP contribution in [-0.2, 0) is 17.6 Å². The number of carboxylic acid groups (broad SMARTS) is 1. The maximum absolute atomic E-state index is 12.2. The van der Waals surface area contributed by atoms with Gasteiger partial charge in [-0.1, -0.05) is 12.1 Å². The maximum Gasteiger partial charge on any atom is 0.573 e. The lowest BCUT2D eigenvalue weighted by atomic mass is 10.1. The number of carboxylic acids is 1. The number of hydrogen-bond donors (Lipinski definition) is 2. The van der Waals surface area contributed by atoms with Crippen LogP contribution in [0.25, 0.3) is 11.0 Å². The lowest BCUT2D eigenvalue weighted by molar-refractivity contribution is -0.274. The van der Waals surface area contributed by atoms with Crippen LogP contribution in [0.4, 0.5) is 13.2 Å². The quantitative estimate of drug-likeness (QED) is 0.631. The fourth-order valence-electron chi connectivity index (χ4n) is 2.85. The standard InChI is InChI=1S/C19H17F3N2O4/c1-27-16-10-15-14(9-12(16)4-7-18(25)26)23-17(24-15)8-11-2-5-13(6-3-11)28-19(20,21)22/h2-3,5-6,9-10H,4,7-8H2,1H3,(H,23,24)(H,25,26). The lowest BCUT2D eigenvalue weighted by Gasteiger charge is -2.08. The number of nitrogens with one attached hydrogen (secondary N) is 1. The van der Waals surface area contributed by atoms with Crippen molar-refractivity contribution >= 4 is 17.0 Å². The summed E-state index contributed by atoms with van der Waals surface area (Å²) in [6.07, 6.45) is -4.04. The predicted molar refractivity (Wildman–Crippen MR) is 94.5 cm³/mol. The van der Waals surface area contributed by atoms with E-state index in [0.29, 0.717) is 29.9 Å². The van der Waals surface area contributed by atoms with Gasteiger partial charge in [0, 0.05) is 18.9 Å². The second kappa shape index (κ2) is 7.79. The first-order valence-electron chi connectivity index (χ1n) is 8.35. The van der Waals surface area contributed by atoms with Crippen molar-refractivity contribution in [2.24, 2.45) is 0 Å². The second-order valence-electron chi connectivity index (χ2n) is 6.13. The molecule has 0 fully saturated rings. The van der Waals surface area contributed by atoms with Gasteiger partial charge >= 0.3 is 12.3 Å². The first kappa shape index (κ1) is 19.5. The minimum absolute atomic E-state index is 0.0186. The largest absolute Gasteiger partial charge is 0.573 e. The Kier molecular flexibility index (Phi) is 5.43. The number of H-pyrrole nitrogens is 1. The fourth-order valence-corrected chi connectivity index (χ4v) is 2.85. The van der Waals surface area contributed by atoms with Crippen LogP contribution in [0.3, 0.4) is 0 Å². The van der Waals surface area contributed by atoms with Gasteiger partial charge in [0.15, 0.2) is 0 Å². The molecule has 2 N–H and O–H groups in total. The van der Waals surface area contributed by atoms with E-state index in [0.717, 1.165) is 16.6 Å². The van der Waals surface area contributed by atoms with E-state index in [1.165, 1.54) is 31.4 Å². The molecule has 0 unspecified atom stereocenters. The number of nitrogens with zero attached hydrogens (tertiary/aromatic N) is 1.